The molecule has 7 heteroatoms. The number of nitrogens with one attached hydrogen (secondary N) is 2. The highest BCUT2D eigenvalue weighted by atomic mass is 16.2. The molecule has 2 N–H and O–H groups in total. The van der Waals surface area contributed by atoms with Gasteiger partial charge in [0.05, 0.1) is 12.7 Å². The first-order valence-electron chi connectivity index (χ1n) is 5.79. The molecule has 1 aliphatic heterocycles. The SMILES string of the molecule is CN(Cc1cnn(C)c1)C(=O)C1CNC(=O)CN1. The third-order valence-corrected chi connectivity index (χ3v) is 2.86. The van der Waals surface area contributed by atoms with E-state index in [0.717, 1.165) is 5.56 Å². The molecule has 0 aliphatic carbocycles. The van der Waals surface area contributed by atoms with Crippen molar-refractivity contribution in [2.24, 2.45) is 7.05 Å². The standard InChI is InChI=1S/C11H17N5O2/c1-15(6-8-3-14-16(2)7-8)11(18)9-4-13-10(17)5-12-9/h3,7,9,12H,4-6H2,1-2H3,(H,13,17). The molecule has 2 heterocycles. The van der Waals surface area contributed by atoms with Crippen molar-refractivity contribution in [3.63, 3.8) is 0 Å². The second-order valence-electron chi connectivity index (χ2n) is 4.45. The van der Waals surface area contributed by atoms with Crippen molar-refractivity contribution in [1.82, 2.24) is 25.3 Å². The lowest BCUT2D eigenvalue weighted by atomic mass is 10.2. The van der Waals surface area contributed by atoms with Crippen LogP contribution in [0.2, 0.25) is 0 Å². The quantitative estimate of drug-likeness (QED) is 0.683. The van der Waals surface area contributed by atoms with Crippen molar-refractivity contribution in [3.8, 4) is 0 Å². The molecule has 1 aliphatic rings. The Labute approximate surface area is 105 Å². The summed E-state index contributed by atoms with van der Waals surface area (Å²) in [5, 5.41) is 9.64. The number of rotatable bonds is 3. The van der Waals surface area contributed by atoms with Crippen molar-refractivity contribution < 1.29 is 9.59 Å². The van der Waals surface area contributed by atoms with E-state index in [4.69, 9.17) is 0 Å². The van der Waals surface area contributed by atoms with Crippen LogP contribution in [0.1, 0.15) is 5.56 Å². The van der Waals surface area contributed by atoms with Gasteiger partial charge < -0.3 is 10.2 Å². The van der Waals surface area contributed by atoms with E-state index in [-0.39, 0.29) is 24.4 Å². The van der Waals surface area contributed by atoms with Crippen LogP contribution in [-0.2, 0) is 23.2 Å². The Morgan fingerprint density at radius 2 is 2.44 bits per heavy atom. The Hall–Kier alpha value is -1.89. The van der Waals surface area contributed by atoms with E-state index < -0.39 is 0 Å². The van der Waals surface area contributed by atoms with Crippen molar-refractivity contribution in [1.29, 1.82) is 0 Å². The molecule has 1 atom stereocenters. The van der Waals surface area contributed by atoms with Crippen molar-refractivity contribution in [3.05, 3.63) is 18.0 Å². The van der Waals surface area contributed by atoms with Crippen LogP contribution in [0.4, 0.5) is 0 Å². The predicted octanol–water partition coefficient (Wildman–Crippen LogP) is -1.53. The van der Waals surface area contributed by atoms with Gasteiger partial charge in [0.15, 0.2) is 0 Å². The zero-order valence-corrected chi connectivity index (χ0v) is 10.5. The Bertz CT molecular complexity index is 446. The van der Waals surface area contributed by atoms with Crippen molar-refractivity contribution in [2.75, 3.05) is 20.1 Å². The lowest BCUT2D eigenvalue weighted by molar-refractivity contribution is -0.134. The second kappa shape index (κ2) is 5.18. The average molecular weight is 251 g/mol. The minimum Gasteiger partial charge on any atom is -0.353 e. The Kier molecular flexibility index (Phi) is 3.61. The summed E-state index contributed by atoms with van der Waals surface area (Å²) < 4.78 is 1.70. The highest BCUT2D eigenvalue weighted by Crippen LogP contribution is 2.03. The maximum absolute atomic E-state index is 12.1. The van der Waals surface area contributed by atoms with Crippen LogP contribution in [0, 0.1) is 0 Å². The van der Waals surface area contributed by atoms with Crippen molar-refractivity contribution in [2.45, 2.75) is 12.6 Å². The molecule has 0 spiro atoms. The van der Waals surface area contributed by atoms with Gasteiger partial charge in [-0.1, -0.05) is 0 Å². The van der Waals surface area contributed by atoms with Crippen LogP contribution < -0.4 is 10.6 Å². The molecular formula is C11H17N5O2. The first kappa shape index (κ1) is 12.6. The van der Waals surface area contributed by atoms with Gasteiger partial charge in [0.25, 0.3) is 0 Å². The average Bonchev–Trinajstić information content (AvgIpc) is 2.75. The molecule has 1 aromatic heterocycles. The first-order chi connectivity index (χ1) is 8.56. The number of carbonyl (C=O) groups excluding carboxylic acids is 2. The molecule has 0 radical (unpaired) electrons. The number of aryl methyl sites for hydroxylation is 1. The highest BCUT2D eigenvalue weighted by Gasteiger charge is 2.26. The van der Waals surface area contributed by atoms with Gasteiger partial charge in [-0.05, 0) is 0 Å². The second-order valence-corrected chi connectivity index (χ2v) is 4.45. The zero-order valence-electron chi connectivity index (χ0n) is 10.5. The third kappa shape index (κ3) is 2.86. The third-order valence-electron chi connectivity index (χ3n) is 2.86. The topological polar surface area (TPSA) is 79.3 Å². The molecule has 1 saturated heterocycles. The summed E-state index contributed by atoms with van der Waals surface area (Å²) in [5.74, 6) is -0.104. The smallest absolute Gasteiger partial charge is 0.241 e. The fraction of sp³-hybridized carbons (Fsp3) is 0.545. The molecule has 0 saturated carbocycles. The van der Waals surface area contributed by atoms with Gasteiger partial charge in [0.1, 0.15) is 6.04 Å². The van der Waals surface area contributed by atoms with Crippen LogP contribution in [-0.4, -0.2) is 52.7 Å². The predicted molar refractivity (Wildman–Crippen MR) is 64.5 cm³/mol. The van der Waals surface area contributed by atoms with E-state index in [9.17, 15) is 9.59 Å². The van der Waals surface area contributed by atoms with Crippen LogP contribution in [0.25, 0.3) is 0 Å². The molecule has 18 heavy (non-hydrogen) atoms. The van der Waals surface area contributed by atoms with Gasteiger partial charge in [-0.25, -0.2) is 0 Å². The molecule has 0 aromatic carbocycles. The zero-order chi connectivity index (χ0) is 13.1. The lowest BCUT2D eigenvalue weighted by Crippen LogP contribution is -2.58. The number of likely N-dealkylation sites (N-methyl/N-ethyl adjacent to an activating group) is 1. The number of aromatic nitrogens is 2. The summed E-state index contributed by atoms with van der Waals surface area (Å²) >= 11 is 0. The summed E-state index contributed by atoms with van der Waals surface area (Å²) in [6.45, 7) is 1.05. The first-order valence-corrected chi connectivity index (χ1v) is 5.79. The van der Waals surface area contributed by atoms with E-state index in [0.29, 0.717) is 13.1 Å². The maximum Gasteiger partial charge on any atom is 0.241 e. The van der Waals surface area contributed by atoms with Gasteiger partial charge in [0, 0.05) is 38.9 Å². The Balaban J connectivity index is 1.90. The number of hydrogen-bond donors (Lipinski definition) is 2. The highest BCUT2D eigenvalue weighted by molar-refractivity contribution is 5.86. The van der Waals surface area contributed by atoms with Crippen molar-refractivity contribution >= 4 is 11.8 Å². The van der Waals surface area contributed by atoms with E-state index in [1.165, 1.54) is 0 Å². The van der Waals surface area contributed by atoms with Crippen LogP contribution in [0.15, 0.2) is 12.4 Å². The summed E-state index contributed by atoms with van der Waals surface area (Å²) in [5.41, 5.74) is 0.980. The van der Waals surface area contributed by atoms with Gasteiger partial charge in [0.2, 0.25) is 11.8 Å². The molecule has 98 valence electrons. The number of carbonyl (C=O) groups is 2. The molecular weight excluding hydrogens is 234 g/mol. The molecule has 1 fully saturated rings. The van der Waals surface area contributed by atoms with E-state index in [2.05, 4.69) is 15.7 Å². The summed E-state index contributed by atoms with van der Waals surface area (Å²) in [6.07, 6.45) is 3.61. The lowest BCUT2D eigenvalue weighted by Gasteiger charge is -2.27. The Morgan fingerprint density at radius 1 is 1.67 bits per heavy atom. The van der Waals surface area contributed by atoms with E-state index in [1.54, 1.807) is 22.8 Å². The normalized spacial score (nSPS) is 19.4. The van der Waals surface area contributed by atoms with E-state index >= 15 is 0 Å². The molecule has 2 amide bonds. The van der Waals surface area contributed by atoms with Gasteiger partial charge in [-0.2, -0.15) is 5.10 Å². The van der Waals surface area contributed by atoms with Gasteiger partial charge >= 0.3 is 0 Å². The number of amides is 2. The molecule has 2 rings (SSSR count). The molecule has 7 nitrogen and oxygen atoms in total. The van der Waals surface area contributed by atoms with Gasteiger partial charge in [-0.3, -0.25) is 19.6 Å². The summed E-state index contributed by atoms with van der Waals surface area (Å²) in [4.78, 5) is 24.7. The fourth-order valence-corrected chi connectivity index (χ4v) is 1.91. The minimum atomic E-state index is -0.343. The van der Waals surface area contributed by atoms with Crippen LogP contribution in [0.5, 0.6) is 0 Å². The minimum absolute atomic E-state index is 0.0288. The number of piperazine rings is 1. The van der Waals surface area contributed by atoms with E-state index in [1.807, 2.05) is 13.2 Å². The number of nitrogens with zero attached hydrogens (tertiary/aromatic N) is 3. The van der Waals surface area contributed by atoms with Gasteiger partial charge in [-0.15, -0.1) is 0 Å². The summed E-state index contributed by atoms with van der Waals surface area (Å²) in [7, 11) is 3.58. The largest absolute Gasteiger partial charge is 0.353 e. The fourth-order valence-electron chi connectivity index (χ4n) is 1.91. The molecule has 0 bridgehead atoms. The molecule has 1 aromatic rings. The molecule has 1 unspecified atom stereocenters. The Morgan fingerprint density at radius 3 is 3.00 bits per heavy atom. The number of hydrogen-bond acceptors (Lipinski definition) is 4. The van der Waals surface area contributed by atoms with Crippen LogP contribution in [0.3, 0.4) is 0 Å². The monoisotopic (exact) mass is 251 g/mol. The maximum atomic E-state index is 12.1. The summed E-state index contributed by atoms with van der Waals surface area (Å²) in [6, 6.07) is -0.343. The van der Waals surface area contributed by atoms with Crippen LogP contribution >= 0.6 is 0 Å².